The molecule has 3 aromatic rings. The van der Waals surface area contributed by atoms with Crippen LogP contribution in [0.4, 0.5) is 0 Å². The molecule has 0 radical (unpaired) electrons. The SMILES string of the molecule is NC(=O)c1cccc(-c2ccccc2)c1.O=C(c1cccc(B(O)O)c1)N1CCOCC1. The monoisotopic (exact) mass is 432 g/mol. The minimum atomic E-state index is -1.55. The molecule has 0 atom stereocenters. The first-order chi connectivity index (χ1) is 15.5. The van der Waals surface area contributed by atoms with Gasteiger partial charge in [0.15, 0.2) is 0 Å². The van der Waals surface area contributed by atoms with Gasteiger partial charge in [-0.25, -0.2) is 0 Å². The molecule has 0 bridgehead atoms. The Morgan fingerprint density at radius 2 is 1.44 bits per heavy atom. The summed E-state index contributed by atoms with van der Waals surface area (Å²) in [6, 6.07) is 23.6. The van der Waals surface area contributed by atoms with Gasteiger partial charge in [-0.05, 0) is 40.9 Å². The quantitative estimate of drug-likeness (QED) is 0.538. The smallest absolute Gasteiger partial charge is 0.423 e. The molecule has 0 unspecified atom stereocenters. The van der Waals surface area contributed by atoms with Crippen LogP contribution < -0.4 is 11.2 Å². The maximum absolute atomic E-state index is 12.1. The second-order valence-corrected chi connectivity index (χ2v) is 7.21. The van der Waals surface area contributed by atoms with Crippen molar-refractivity contribution in [3.63, 3.8) is 0 Å². The van der Waals surface area contributed by atoms with Gasteiger partial charge < -0.3 is 25.4 Å². The average Bonchev–Trinajstić information content (AvgIpc) is 2.85. The third kappa shape index (κ3) is 6.27. The van der Waals surface area contributed by atoms with Gasteiger partial charge in [-0.1, -0.05) is 54.6 Å². The van der Waals surface area contributed by atoms with Crippen LogP contribution in [0.25, 0.3) is 11.1 Å². The van der Waals surface area contributed by atoms with E-state index in [9.17, 15) is 9.59 Å². The van der Waals surface area contributed by atoms with E-state index in [4.69, 9.17) is 20.5 Å². The molecule has 4 rings (SSSR count). The van der Waals surface area contributed by atoms with E-state index in [1.165, 1.54) is 6.07 Å². The van der Waals surface area contributed by atoms with Crippen LogP contribution >= 0.6 is 0 Å². The first kappa shape index (κ1) is 23.2. The predicted molar refractivity (Wildman–Crippen MR) is 123 cm³/mol. The highest BCUT2D eigenvalue weighted by atomic mass is 16.5. The number of morpholine rings is 1. The fraction of sp³-hybridized carbons (Fsp3) is 0.167. The van der Waals surface area contributed by atoms with Crippen LogP contribution in [0.3, 0.4) is 0 Å². The summed E-state index contributed by atoms with van der Waals surface area (Å²) in [7, 11) is -1.55. The molecule has 3 aromatic carbocycles. The van der Waals surface area contributed by atoms with Crippen molar-refractivity contribution in [2.75, 3.05) is 26.3 Å². The average molecular weight is 432 g/mol. The molecule has 0 saturated carbocycles. The fourth-order valence-electron chi connectivity index (χ4n) is 3.26. The highest BCUT2D eigenvalue weighted by molar-refractivity contribution is 6.58. The number of amides is 2. The topological polar surface area (TPSA) is 113 Å². The standard InChI is InChI=1S/C13H11NO.C11H14BNO4/c14-13(15)12-8-4-7-11(9-12)10-5-2-1-3-6-10;14-11(13-4-6-17-7-5-13)9-2-1-3-10(8-9)12(15)16/h1-9H,(H2,14,15);1-3,8,15-16H,4-7H2. The van der Waals surface area contributed by atoms with E-state index < -0.39 is 13.0 Å². The summed E-state index contributed by atoms with van der Waals surface area (Å²) in [5, 5.41) is 18.1. The largest absolute Gasteiger partial charge is 0.488 e. The summed E-state index contributed by atoms with van der Waals surface area (Å²) in [6.07, 6.45) is 0. The third-order valence-electron chi connectivity index (χ3n) is 4.98. The van der Waals surface area contributed by atoms with E-state index in [0.29, 0.717) is 42.9 Å². The summed E-state index contributed by atoms with van der Waals surface area (Å²) in [5.41, 5.74) is 8.64. The Hall–Kier alpha value is -3.46. The number of hydrogen-bond acceptors (Lipinski definition) is 5. The van der Waals surface area contributed by atoms with Gasteiger partial charge in [0, 0.05) is 24.2 Å². The zero-order valence-corrected chi connectivity index (χ0v) is 17.6. The van der Waals surface area contributed by atoms with Crippen molar-refractivity contribution in [1.29, 1.82) is 0 Å². The van der Waals surface area contributed by atoms with Crippen molar-refractivity contribution in [2.45, 2.75) is 0 Å². The number of primary amides is 1. The molecule has 32 heavy (non-hydrogen) atoms. The Balaban J connectivity index is 0.000000182. The number of hydrogen-bond donors (Lipinski definition) is 3. The van der Waals surface area contributed by atoms with E-state index >= 15 is 0 Å². The van der Waals surface area contributed by atoms with Crippen LogP contribution in [0.5, 0.6) is 0 Å². The molecule has 1 fully saturated rings. The van der Waals surface area contributed by atoms with Gasteiger partial charge in [-0.15, -0.1) is 0 Å². The van der Waals surface area contributed by atoms with Crippen LogP contribution in [0.15, 0.2) is 78.9 Å². The van der Waals surface area contributed by atoms with E-state index in [1.807, 2.05) is 42.5 Å². The zero-order chi connectivity index (χ0) is 22.9. The van der Waals surface area contributed by atoms with Crippen molar-refractivity contribution in [1.82, 2.24) is 4.90 Å². The highest BCUT2D eigenvalue weighted by Gasteiger charge is 2.20. The zero-order valence-electron chi connectivity index (χ0n) is 17.6. The molecule has 0 spiro atoms. The maximum atomic E-state index is 12.1. The first-order valence-electron chi connectivity index (χ1n) is 10.2. The lowest BCUT2D eigenvalue weighted by atomic mass is 9.79. The number of rotatable bonds is 4. The Labute approximate surface area is 187 Å². The lowest BCUT2D eigenvalue weighted by Crippen LogP contribution is -2.41. The second-order valence-electron chi connectivity index (χ2n) is 7.21. The Bertz CT molecular complexity index is 1050. The molecule has 4 N–H and O–H groups in total. The molecule has 164 valence electrons. The normalized spacial score (nSPS) is 13.0. The van der Waals surface area contributed by atoms with Gasteiger partial charge in [-0.3, -0.25) is 9.59 Å². The molecule has 2 amide bonds. The van der Waals surface area contributed by atoms with Crippen molar-refractivity contribution in [3.8, 4) is 11.1 Å². The van der Waals surface area contributed by atoms with Crippen molar-refractivity contribution < 1.29 is 24.4 Å². The second kappa shape index (κ2) is 11.2. The third-order valence-corrected chi connectivity index (χ3v) is 4.98. The molecular weight excluding hydrogens is 407 g/mol. The number of benzene rings is 3. The van der Waals surface area contributed by atoms with Gasteiger partial charge >= 0.3 is 7.12 Å². The van der Waals surface area contributed by atoms with Crippen molar-refractivity contribution in [3.05, 3.63) is 90.0 Å². The Kier molecular flexibility index (Phi) is 8.16. The molecule has 1 heterocycles. The Morgan fingerprint density at radius 1 is 0.812 bits per heavy atom. The molecule has 8 heteroatoms. The number of nitrogens with two attached hydrogens (primary N) is 1. The maximum Gasteiger partial charge on any atom is 0.488 e. The van der Waals surface area contributed by atoms with Crippen LogP contribution in [-0.4, -0.2) is 60.2 Å². The van der Waals surface area contributed by atoms with Crippen LogP contribution in [0.1, 0.15) is 20.7 Å². The number of ether oxygens (including phenoxy) is 1. The van der Waals surface area contributed by atoms with Crippen molar-refractivity contribution in [2.24, 2.45) is 5.73 Å². The Morgan fingerprint density at radius 3 is 2.09 bits per heavy atom. The molecule has 0 aliphatic carbocycles. The van der Waals surface area contributed by atoms with E-state index in [0.717, 1.165) is 11.1 Å². The number of nitrogens with zero attached hydrogens (tertiary/aromatic N) is 1. The molecular formula is C24H25BN2O5. The van der Waals surface area contributed by atoms with Gasteiger partial charge in [0.25, 0.3) is 5.91 Å². The first-order valence-corrected chi connectivity index (χ1v) is 10.2. The summed E-state index contributed by atoms with van der Waals surface area (Å²) >= 11 is 0. The van der Waals surface area contributed by atoms with E-state index in [1.54, 1.807) is 35.2 Å². The molecule has 1 saturated heterocycles. The lowest BCUT2D eigenvalue weighted by molar-refractivity contribution is 0.0303. The summed E-state index contributed by atoms with van der Waals surface area (Å²) in [5.74, 6) is -0.497. The number of carbonyl (C=O) groups excluding carboxylic acids is 2. The summed E-state index contributed by atoms with van der Waals surface area (Å²) < 4.78 is 5.17. The minimum absolute atomic E-state index is 0.101. The van der Waals surface area contributed by atoms with Crippen LogP contribution in [-0.2, 0) is 4.74 Å². The van der Waals surface area contributed by atoms with Crippen LogP contribution in [0.2, 0.25) is 0 Å². The molecule has 7 nitrogen and oxygen atoms in total. The van der Waals surface area contributed by atoms with Crippen LogP contribution in [0, 0.1) is 0 Å². The van der Waals surface area contributed by atoms with E-state index in [2.05, 4.69) is 0 Å². The van der Waals surface area contributed by atoms with Gasteiger partial charge in [-0.2, -0.15) is 0 Å². The van der Waals surface area contributed by atoms with Gasteiger partial charge in [0.05, 0.1) is 13.2 Å². The molecule has 0 aromatic heterocycles. The van der Waals surface area contributed by atoms with E-state index in [-0.39, 0.29) is 5.91 Å². The highest BCUT2D eigenvalue weighted by Crippen LogP contribution is 2.19. The lowest BCUT2D eigenvalue weighted by Gasteiger charge is -2.27. The summed E-state index contributed by atoms with van der Waals surface area (Å²) in [6.45, 7) is 2.25. The minimum Gasteiger partial charge on any atom is -0.423 e. The fourth-order valence-corrected chi connectivity index (χ4v) is 3.26. The number of carbonyl (C=O) groups is 2. The van der Waals surface area contributed by atoms with Gasteiger partial charge in [0.2, 0.25) is 5.91 Å². The van der Waals surface area contributed by atoms with Crippen molar-refractivity contribution >= 4 is 24.4 Å². The molecule has 1 aliphatic rings. The molecule has 1 aliphatic heterocycles. The predicted octanol–water partition coefficient (Wildman–Crippen LogP) is 1.29. The summed E-state index contributed by atoms with van der Waals surface area (Å²) in [4.78, 5) is 24.8. The van der Waals surface area contributed by atoms with Gasteiger partial charge in [0.1, 0.15) is 0 Å².